The number of hydrogen-bond donors (Lipinski definition) is 0. The van der Waals surface area contributed by atoms with Crippen LogP contribution in [0.1, 0.15) is 16.7 Å². The highest BCUT2D eigenvalue weighted by molar-refractivity contribution is 7.92. The van der Waals surface area contributed by atoms with E-state index in [9.17, 15) is 8.42 Å². The van der Waals surface area contributed by atoms with E-state index in [1.165, 1.54) is 9.71 Å². The predicted molar refractivity (Wildman–Crippen MR) is 94.7 cm³/mol. The van der Waals surface area contributed by atoms with Gasteiger partial charge in [0.2, 0.25) is 10.0 Å². The molecule has 24 heavy (non-hydrogen) atoms. The third-order valence-corrected chi connectivity index (χ3v) is 5.55. The van der Waals surface area contributed by atoms with E-state index in [0.717, 1.165) is 16.7 Å². The number of aryl methyl sites for hydroxylation is 1. The first-order chi connectivity index (χ1) is 11.5. The fraction of sp³-hybridized carbons (Fsp3) is 0.263. The van der Waals surface area contributed by atoms with E-state index in [1.807, 2.05) is 61.5 Å². The van der Waals surface area contributed by atoms with Crippen molar-refractivity contribution in [3.05, 3.63) is 82.8 Å². The van der Waals surface area contributed by atoms with Crippen LogP contribution in [0.2, 0.25) is 0 Å². The molecule has 5 heteroatoms. The zero-order valence-corrected chi connectivity index (χ0v) is 14.4. The van der Waals surface area contributed by atoms with Gasteiger partial charge in [0.1, 0.15) is 0 Å². The molecule has 0 fully saturated rings. The van der Waals surface area contributed by atoms with E-state index < -0.39 is 10.0 Å². The molecule has 4 nitrogen and oxygen atoms in total. The van der Waals surface area contributed by atoms with Crippen molar-refractivity contribution >= 4 is 10.0 Å². The molecule has 0 N–H and O–H groups in total. The summed E-state index contributed by atoms with van der Waals surface area (Å²) < 4.78 is 31.8. The van der Waals surface area contributed by atoms with Gasteiger partial charge >= 0.3 is 0 Å². The van der Waals surface area contributed by atoms with Crippen LogP contribution >= 0.6 is 0 Å². The van der Waals surface area contributed by atoms with Crippen molar-refractivity contribution < 1.29 is 13.2 Å². The average molecular weight is 343 g/mol. The highest BCUT2D eigenvalue weighted by Crippen LogP contribution is 2.22. The molecule has 1 aliphatic heterocycles. The molecule has 0 saturated carbocycles. The fourth-order valence-electron chi connectivity index (χ4n) is 2.76. The van der Waals surface area contributed by atoms with Crippen LogP contribution in [0, 0.1) is 6.92 Å². The van der Waals surface area contributed by atoms with Crippen molar-refractivity contribution in [2.45, 2.75) is 26.1 Å². The SMILES string of the molecule is Cc1cccc(CN2[C@H](COCc3ccccc3)C=CS2(=O)=O)c1. The van der Waals surface area contributed by atoms with Gasteiger partial charge in [-0.3, -0.25) is 0 Å². The Kier molecular flexibility index (Phi) is 5.14. The first kappa shape index (κ1) is 16.9. The van der Waals surface area contributed by atoms with Crippen LogP contribution in [-0.4, -0.2) is 25.4 Å². The lowest BCUT2D eigenvalue weighted by Gasteiger charge is -2.23. The molecular weight excluding hydrogens is 322 g/mol. The summed E-state index contributed by atoms with van der Waals surface area (Å²) in [6.45, 7) is 3.18. The number of sulfonamides is 1. The highest BCUT2D eigenvalue weighted by atomic mass is 32.2. The van der Waals surface area contributed by atoms with Crippen LogP contribution in [0.4, 0.5) is 0 Å². The maximum atomic E-state index is 12.3. The zero-order chi connectivity index (χ0) is 17.0. The van der Waals surface area contributed by atoms with Gasteiger partial charge < -0.3 is 4.74 Å². The topological polar surface area (TPSA) is 46.6 Å². The van der Waals surface area contributed by atoms with Crippen molar-refractivity contribution in [2.75, 3.05) is 6.61 Å². The smallest absolute Gasteiger partial charge is 0.236 e. The number of nitrogens with zero attached hydrogens (tertiary/aromatic N) is 1. The number of ether oxygens (including phenoxy) is 1. The lowest BCUT2D eigenvalue weighted by Crippen LogP contribution is -2.36. The Morgan fingerprint density at radius 1 is 1.04 bits per heavy atom. The third-order valence-electron chi connectivity index (χ3n) is 3.99. The van der Waals surface area contributed by atoms with Crippen LogP contribution in [0.3, 0.4) is 0 Å². The van der Waals surface area contributed by atoms with Gasteiger partial charge in [0.05, 0.1) is 19.3 Å². The van der Waals surface area contributed by atoms with Crippen LogP contribution in [0.5, 0.6) is 0 Å². The van der Waals surface area contributed by atoms with E-state index in [1.54, 1.807) is 6.08 Å². The van der Waals surface area contributed by atoms with Gasteiger partial charge in [0, 0.05) is 12.0 Å². The minimum Gasteiger partial charge on any atom is -0.375 e. The van der Waals surface area contributed by atoms with Gasteiger partial charge in [-0.05, 0) is 18.1 Å². The molecule has 126 valence electrons. The van der Waals surface area contributed by atoms with Gasteiger partial charge in [-0.15, -0.1) is 0 Å². The second kappa shape index (κ2) is 7.30. The number of hydrogen-bond acceptors (Lipinski definition) is 3. The molecule has 1 aliphatic rings. The monoisotopic (exact) mass is 343 g/mol. The molecule has 3 rings (SSSR count). The summed E-state index contributed by atoms with van der Waals surface area (Å²) >= 11 is 0. The molecule has 0 unspecified atom stereocenters. The standard InChI is InChI=1S/C19H21NO3S/c1-16-6-5-9-18(12-16)13-20-19(10-11-24(20,21)22)15-23-14-17-7-3-2-4-8-17/h2-12,19H,13-15H2,1H3/t19-/m0/s1. The van der Waals surface area contributed by atoms with Crippen molar-refractivity contribution in [1.82, 2.24) is 4.31 Å². The molecule has 0 radical (unpaired) electrons. The molecule has 1 atom stereocenters. The Morgan fingerprint density at radius 2 is 1.79 bits per heavy atom. The Balaban J connectivity index is 1.64. The van der Waals surface area contributed by atoms with Crippen molar-refractivity contribution in [3.63, 3.8) is 0 Å². The quantitative estimate of drug-likeness (QED) is 0.809. The molecule has 0 saturated heterocycles. The second-order valence-corrected chi connectivity index (χ2v) is 7.75. The first-order valence-electron chi connectivity index (χ1n) is 7.92. The average Bonchev–Trinajstić information content (AvgIpc) is 2.84. The van der Waals surface area contributed by atoms with Crippen molar-refractivity contribution in [1.29, 1.82) is 0 Å². The minimum absolute atomic E-state index is 0.265. The summed E-state index contributed by atoms with van der Waals surface area (Å²) in [6, 6.07) is 17.5. The zero-order valence-electron chi connectivity index (χ0n) is 13.6. The summed E-state index contributed by atoms with van der Waals surface area (Å²) in [7, 11) is -3.37. The molecule has 0 amide bonds. The molecule has 0 aliphatic carbocycles. The molecule has 0 aromatic heterocycles. The Bertz CT molecular complexity index is 816. The van der Waals surface area contributed by atoms with E-state index in [4.69, 9.17) is 4.74 Å². The molecular formula is C19H21NO3S. The molecule has 2 aromatic rings. The first-order valence-corrected chi connectivity index (χ1v) is 9.42. The summed E-state index contributed by atoms with van der Waals surface area (Å²) in [6.07, 6.45) is 1.70. The van der Waals surface area contributed by atoms with E-state index >= 15 is 0 Å². The number of rotatable bonds is 6. The van der Waals surface area contributed by atoms with Gasteiger partial charge in [0.25, 0.3) is 0 Å². The largest absolute Gasteiger partial charge is 0.375 e. The van der Waals surface area contributed by atoms with E-state index in [-0.39, 0.29) is 6.04 Å². The summed E-state index contributed by atoms with van der Waals surface area (Å²) in [5, 5.41) is 1.28. The Hall–Kier alpha value is -1.95. The van der Waals surface area contributed by atoms with Gasteiger partial charge in [-0.2, -0.15) is 4.31 Å². The van der Waals surface area contributed by atoms with E-state index in [0.29, 0.717) is 19.8 Å². The summed E-state index contributed by atoms with van der Waals surface area (Å²) in [4.78, 5) is 0. The van der Waals surface area contributed by atoms with Gasteiger partial charge in [-0.25, -0.2) is 8.42 Å². The van der Waals surface area contributed by atoms with Crippen LogP contribution in [-0.2, 0) is 27.9 Å². The molecule has 0 spiro atoms. The Labute approximate surface area is 143 Å². The predicted octanol–water partition coefficient (Wildman–Crippen LogP) is 3.24. The number of benzene rings is 2. The third kappa shape index (κ3) is 4.12. The normalized spacial score (nSPS) is 19.6. The van der Waals surface area contributed by atoms with Gasteiger partial charge in [-0.1, -0.05) is 66.2 Å². The fourth-order valence-corrected chi connectivity index (χ4v) is 4.13. The second-order valence-electron chi connectivity index (χ2n) is 5.98. The maximum Gasteiger partial charge on any atom is 0.236 e. The highest BCUT2D eigenvalue weighted by Gasteiger charge is 2.32. The lowest BCUT2D eigenvalue weighted by molar-refractivity contribution is 0.0913. The summed E-state index contributed by atoms with van der Waals surface area (Å²) in [5.41, 5.74) is 3.18. The Morgan fingerprint density at radius 3 is 2.54 bits per heavy atom. The van der Waals surface area contributed by atoms with Crippen molar-refractivity contribution in [2.24, 2.45) is 0 Å². The molecule has 2 aromatic carbocycles. The summed E-state index contributed by atoms with van der Waals surface area (Å²) in [5.74, 6) is 0. The molecule has 1 heterocycles. The minimum atomic E-state index is -3.37. The molecule has 0 bridgehead atoms. The van der Waals surface area contributed by atoms with Crippen LogP contribution in [0.15, 0.2) is 66.1 Å². The van der Waals surface area contributed by atoms with Crippen LogP contribution in [0.25, 0.3) is 0 Å². The lowest BCUT2D eigenvalue weighted by atomic mass is 10.1. The van der Waals surface area contributed by atoms with Crippen molar-refractivity contribution in [3.8, 4) is 0 Å². The van der Waals surface area contributed by atoms with Gasteiger partial charge in [0.15, 0.2) is 0 Å². The van der Waals surface area contributed by atoms with E-state index in [2.05, 4.69) is 0 Å². The van der Waals surface area contributed by atoms with Crippen LogP contribution < -0.4 is 0 Å². The maximum absolute atomic E-state index is 12.3.